The molecule has 0 radical (unpaired) electrons. The molecule has 0 bridgehead atoms. The molecule has 1 heterocycles. The normalized spacial score (nSPS) is 11.1. The summed E-state index contributed by atoms with van der Waals surface area (Å²) in [5.41, 5.74) is 5.10. The van der Waals surface area contributed by atoms with Gasteiger partial charge in [-0.2, -0.15) is 5.26 Å². The van der Waals surface area contributed by atoms with Gasteiger partial charge in [-0.15, -0.1) is 11.3 Å². The van der Waals surface area contributed by atoms with E-state index < -0.39 is 0 Å². The van der Waals surface area contributed by atoms with Crippen molar-refractivity contribution in [3.63, 3.8) is 0 Å². The van der Waals surface area contributed by atoms with Gasteiger partial charge in [-0.25, -0.2) is 0 Å². The zero-order valence-electron chi connectivity index (χ0n) is 13.2. The second-order valence-electron chi connectivity index (χ2n) is 5.37. The van der Waals surface area contributed by atoms with Crippen molar-refractivity contribution in [3.05, 3.63) is 56.3 Å². The van der Waals surface area contributed by atoms with E-state index in [9.17, 15) is 10.1 Å². The average Bonchev–Trinajstić information content (AvgIpc) is 2.85. The molecule has 0 spiro atoms. The number of anilines is 1. The molecule has 1 amide bonds. The molecule has 0 aliphatic carbocycles. The highest BCUT2D eigenvalue weighted by atomic mass is 32.1. The van der Waals surface area contributed by atoms with Crippen molar-refractivity contribution in [3.8, 4) is 6.07 Å². The zero-order chi connectivity index (χ0) is 16.3. The Morgan fingerprint density at radius 2 is 1.82 bits per heavy atom. The van der Waals surface area contributed by atoms with Crippen LogP contribution in [0.4, 0.5) is 5.69 Å². The Morgan fingerprint density at radius 1 is 1.18 bits per heavy atom. The number of nitriles is 1. The van der Waals surface area contributed by atoms with Crippen LogP contribution in [0.1, 0.15) is 27.1 Å². The van der Waals surface area contributed by atoms with Crippen molar-refractivity contribution in [1.29, 1.82) is 5.26 Å². The summed E-state index contributed by atoms with van der Waals surface area (Å²) in [5, 5.41) is 14.1. The quantitative estimate of drug-likeness (QED) is 0.669. The first-order chi connectivity index (χ1) is 10.4. The lowest BCUT2D eigenvalue weighted by Crippen LogP contribution is -2.15. The molecule has 1 aromatic heterocycles. The monoisotopic (exact) mass is 310 g/mol. The Bertz CT molecular complexity index is 771. The highest BCUT2D eigenvalue weighted by Gasteiger charge is 2.13. The van der Waals surface area contributed by atoms with Crippen molar-refractivity contribution in [1.82, 2.24) is 0 Å². The number of thiophene rings is 1. The summed E-state index contributed by atoms with van der Waals surface area (Å²) in [7, 11) is 0. The van der Waals surface area contributed by atoms with Crippen molar-refractivity contribution in [2.24, 2.45) is 0 Å². The number of carbonyl (C=O) groups excluding carboxylic acids is 1. The molecule has 0 aliphatic heterocycles. The summed E-state index contributed by atoms with van der Waals surface area (Å²) in [4.78, 5) is 13.3. The second kappa shape index (κ2) is 6.59. The molecule has 4 heteroatoms. The number of amides is 1. The zero-order valence-corrected chi connectivity index (χ0v) is 14.0. The van der Waals surface area contributed by atoms with E-state index in [0.29, 0.717) is 0 Å². The summed E-state index contributed by atoms with van der Waals surface area (Å²) in [6, 6.07) is 7.99. The first kappa shape index (κ1) is 16.0. The highest BCUT2D eigenvalue weighted by molar-refractivity contribution is 7.11. The Labute approximate surface area is 134 Å². The van der Waals surface area contributed by atoms with Gasteiger partial charge >= 0.3 is 0 Å². The van der Waals surface area contributed by atoms with E-state index in [4.69, 9.17) is 0 Å². The van der Waals surface area contributed by atoms with Crippen LogP contribution in [0.5, 0.6) is 0 Å². The van der Waals surface area contributed by atoms with Gasteiger partial charge in [0.05, 0.1) is 0 Å². The molecule has 3 nitrogen and oxygen atoms in total. The minimum absolute atomic E-state index is 0.116. The van der Waals surface area contributed by atoms with Gasteiger partial charge in [-0.1, -0.05) is 17.7 Å². The van der Waals surface area contributed by atoms with Crippen molar-refractivity contribution >= 4 is 29.0 Å². The van der Waals surface area contributed by atoms with Gasteiger partial charge in [0.1, 0.15) is 11.6 Å². The highest BCUT2D eigenvalue weighted by Crippen LogP contribution is 2.24. The van der Waals surface area contributed by atoms with Gasteiger partial charge in [0.25, 0.3) is 5.91 Å². The minimum atomic E-state index is -0.370. The molecule has 0 unspecified atom stereocenters. The van der Waals surface area contributed by atoms with Crippen molar-refractivity contribution in [2.45, 2.75) is 27.7 Å². The molecule has 0 saturated heterocycles. The fraction of sp³-hybridized carbons (Fsp3) is 0.222. The predicted molar refractivity (Wildman–Crippen MR) is 91.9 cm³/mol. The molecule has 1 N–H and O–H groups in total. The third-order valence-corrected chi connectivity index (χ3v) is 4.42. The third kappa shape index (κ3) is 3.44. The van der Waals surface area contributed by atoms with E-state index in [1.165, 1.54) is 11.3 Å². The van der Waals surface area contributed by atoms with Crippen LogP contribution < -0.4 is 5.32 Å². The molecular weight excluding hydrogens is 292 g/mol. The smallest absolute Gasteiger partial charge is 0.266 e. The van der Waals surface area contributed by atoms with Gasteiger partial charge in [-0.05, 0) is 61.9 Å². The predicted octanol–water partition coefficient (Wildman–Crippen LogP) is 4.53. The van der Waals surface area contributed by atoms with Crippen LogP contribution in [-0.2, 0) is 4.79 Å². The molecule has 0 saturated carbocycles. The molecule has 2 rings (SSSR count). The van der Waals surface area contributed by atoms with Crippen LogP contribution in [0, 0.1) is 39.0 Å². The van der Waals surface area contributed by atoms with Crippen molar-refractivity contribution < 1.29 is 4.79 Å². The number of nitrogens with zero attached hydrogens (tertiary/aromatic N) is 1. The maximum atomic E-state index is 12.4. The number of hydrogen-bond donors (Lipinski definition) is 1. The van der Waals surface area contributed by atoms with Gasteiger partial charge in [0.15, 0.2) is 0 Å². The van der Waals surface area contributed by atoms with Gasteiger partial charge < -0.3 is 5.32 Å². The largest absolute Gasteiger partial charge is 0.321 e. The molecule has 0 fully saturated rings. The molecular formula is C18H18N2OS. The molecule has 1 aromatic carbocycles. The SMILES string of the molecule is Cc1cc(C)c(NC(=O)/C(C#N)=C/c2sccc2C)c(C)c1. The van der Waals surface area contributed by atoms with Crippen LogP contribution in [0.3, 0.4) is 0 Å². The van der Waals surface area contributed by atoms with E-state index in [1.54, 1.807) is 6.08 Å². The summed E-state index contributed by atoms with van der Waals surface area (Å²) in [6.45, 7) is 7.89. The molecule has 112 valence electrons. The van der Waals surface area contributed by atoms with Gasteiger partial charge in [-0.3, -0.25) is 4.79 Å². The number of carbonyl (C=O) groups is 1. The topological polar surface area (TPSA) is 52.9 Å². The van der Waals surface area contributed by atoms with Crippen LogP contribution in [0.2, 0.25) is 0 Å². The number of nitrogens with one attached hydrogen (secondary N) is 1. The van der Waals surface area contributed by atoms with Gasteiger partial charge in [0, 0.05) is 10.6 Å². The first-order valence-corrected chi connectivity index (χ1v) is 7.85. The summed E-state index contributed by atoms with van der Waals surface area (Å²) >= 11 is 1.52. The molecule has 2 aromatic rings. The average molecular weight is 310 g/mol. The van der Waals surface area contributed by atoms with Crippen molar-refractivity contribution in [2.75, 3.05) is 5.32 Å². The van der Waals surface area contributed by atoms with Crippen LogP contribution in [0.25, 0.3) is 6.08 Å². The summed E-state index contributed by atoms with van der Waals surface area (Å²) < 4.78 is 0. The lowest BCUT2D eigenvalue weighted by atomic mass is 10.0. The maximum Gasteiger partial charge on any atom is 0.266 e. The Balaban J connectivity index is 2.30. The van der Waals surface area contributed by atoms with E-state index in [1.807, 2.05) is 57.3 Å². The minimum Gasteiger partial charge on any atom is -0.321 e. The molecule has 22 heavy (non-hydrogen) atoms. The van der Waals surface area contributed by atoms with Crippen LogP contribution in [0.15, 0.2) is 29.2 Å². The summed E-state index contributed by atoms with van der Waals surface area (Å²) in [5.74, 6) is -0.370. The number of rotatable bonds is 3. The van der Waals surface area contributed by atoms with Crippen LogP contribution >= 0.6 is 11.3 Å². The summed E-state index contributed by atoms with van der Waals surface area (Å²) in [6.07, 6.45) is 1.65. The van der Waals surface area contributed by atoms with E-state index >= 15 is 0 Å². The number of benzene rings is 1. The first-order valence-electron chi connectivity index (χ1n) is 6.97. The third-order valence-electron chi connectivity index (χ3n) is 3.46. The van der Waals surface area contributed by atoms with Gasteiger partial charge in [0.2, 0.25) is 0 Å². The lowest BCUT2D eigenvalue weighted by Gasteiger charge is -2.12. The lowest BCUT2D eigenvalue weighted by molar-refractivity contribution is -0.112. The van der Waals surface area contributed by atoms with Crippen LogP contribution in [-0.4, -0.2) is 5.91 Å². The maximum absolute atomic E-state index is 12.4. The Kier molecular flexibility index (Phi) is 4.79. The molecule has 0 aliphatic rings. The fourth-order valence-corrected chi connectivity index (χ4v) is 3.23. The Hall–Kier alpha value is -2.38. The second-order valence-corrected chi connectivity index (χ2v) is 6.31. The van der Waals surface area contributed by atoms with E-state index in [0.717, 1.165) is 32.8 Å². The Morgan fingerprint density at radius 3 is 2.32 bits per heavy atom. The van der Waals surface area contributed by atoms with E-state index in [-0.39, 0.29) is 11.5 Å². The number of hydrogen-bond acceptors (Lipinski definition) is 3. The number of aryl methyl sites for hydroxylation is 4. The molecule has 0 atom stereocenters. The standard InChI is InChI=1S/C18H18N2OS/c1-11-7-13(3)17(14(4)8-11)20-18(21)15(10-19)9-16-12(2)5-6-22-16/h5-9H,1-4H3,(H,20,21)/b15-9+. The fourth-order valence-electron chi connectivity index (χ4n) is 2.37. The van der Waals surface area contributed by atoms with E-state index in [2.05, 4.69) is 5.32 Å².